The number of carbonyl (C=O) groups excluding carboxylic acids is 2. The molecule has 2 N–H and O–H groups in total. The van der Waals surface area contributed by atoms with Crippen molar-refractivity contribution in [3.8, 4) is 22.5 Å². The van der Waals surface area contributed by atoms with Crippen molar-refractivity contribution in [1.29, 1.82) is 0 Å². The summed E-state index contributed by atoms with van der Waals surface area (Å²) in [5, 5.41) is 16.1. The van der Waals surface area contributed by atoms with Gasteiger partial charge in [0.2, 0.25) is 5.91 Å². The molecule has 152 valence electrons. The summed E-state index contributed by atoms with van der Waals surface area (Å²) in [6.45, 7) is -0.134. The molecule has 9 nitrogen and oxygen atoms in total. The number of aryl methyl sites for hydroxylation is 2. The van der Waals surface area contributed by atoms with E-state index in [1.165, 1.54) is 16.1 Å². The highest BCUT2D eigenvalue weighted by Gasteiger charge is 2.12. The van der Waals surface area contributed by atoms with Gasteiger partial charge >= 0.3 is 0 Å². The molecule has 3 aromatic heterocycles. The SMILES string of the molecule is Cn1ccc(C(=O)NCC(=O)Nc2nc(-c3cccc(-c4cnn(C)n4)c3)cs2)c1. The number of hydrogen-bond donors (Lipinski definition) is 2. The summed E-state index contributed by atoms with van der Waals surface area (Å²) in [6.07, 6.45) is 5.16. The van der Waals surface area contributed by atoms with Crippen molar-refractivity contribution in [2.75, 3.05) is 11.9 Å². The first-order valence-corrected chi connectivity index (χ1v) is 9.98. The van der Waals surface area contributed by atoms with Gasteiger partial charge in [0.15, 0.2) is 5.13 Å². The van der Waals surface area contributed by atoms with Crippen LogP contribution in [-0.2, 0) is 18.9 Å². The van der Waals surface area contributed by atoms with Gasteiger partial charge in [-0.05, 0) is 12.1 Å². The fourth-order valence-electron chi connectivity index (χ4n) is 2.84. The Bertz CT molecular complexity index is 1210. The van der Waals surface area contributed by atoms with E-state index >= 15 is 0 Å². The third-order valence-corrected chi connectivity index (χ3v) is 5.07. The third kappa shape index (κ3) is 4.44. The number of nitrogens with zero attached hydrogens (tertiary/aromatic N) is 5. The molecule has 3 heterocycles. The van der Waals surface area contributed by atoms with Crippen LogP contribution >= 0.6 is 11.3 Å². The molecule has 0 saturated heterocycles. The van der Waals surface area contributed by atoms with Gasteiger partial charge in [-0.3, -0.25) is 9.59 Å². The minimum atomic E-state index is -0.339. The Labute approximate surface area is 176 Å². The first-order chi connectivity index (χ1) is 14.5. The fraction of sp³-hybridized carbons (Fsp3) is 0.150. The smallest absolute Gasteiger partial charge is 0.253 e. The zero-order valence-corrected chi connectivity index (χ0v) is 17.2. The van der Waals surface area contributed by atoms with Crippen LogP contribution in [0, 0.1) is 0 Å². The van der Waals surface area contributed by atoms with Crippen molar-refractivity contribution in [3.05, 3.63) is 59.9 Å². The molecule has 4 rings (SSSR count). The number of aromatic nitrogens is 5. The van der Waals surface area contributed by atoms with Gasteiger partial charge in [-0.2, -0.15) is 15.0 Å². The lowest BCUT2D eigenvalue weighted by Crippen LogP contribution is -2.32. The molecule has 10 heteroatoms. The largest absolute Gasteiger partial charge is 0.356 e. The summed E-state index contributed by atoms with van der Waals surface area (Å²) in [4.78, 5) is 30.2. The Balaban J connectivity index is 1.38. The molecule has 0 saturated carbocycles. The number of rotatable bonds is 6. The van der Waals surface area contributed by atoms with Crippen molar-refractivity contribution in [3.63, 3.8) is 0 Å². The van der Waals surface area contributed by atoms with E-state index in [9.17, 15) is 9.59 Å². The Morgan fingerprint density at radius 2 is 1.93 bits per heavy atom. The predicted molar refractivity (Wildman–Crippen MR) is 114 cm³/mol. The average molecular weight is 421 g/mol. The van der Waals surface area contributed by atoms with E-state index in [0.717, 1.165) is 22.5 Å². The zero-order chi connectivity index (χ0) is 21.1. The molecule has 1 aromatic carbocycles. The first kappa shape index (κ1) is 19.5. The van der Waals surface area contributed by atoms with Crippen LogP contribution < -0.4 is 10.6 Å². The summed E-state index contributed by atoms with van der Waals surface area (Å²) < 4.78 is 1.77. The number of anilines is 1. The maximum atomic E-state index is 12.2. The van der Waals surface area contributed by atoms with Crippen molar-refractivity contribution < 1.29 is 9.59 Å². The molecule has 4 aromatic rings. The number of nitrogens with one attached hydrogen (secondary N) is 2. The molecule has 0 unspecified atom stereocenters. The maximum Gasteiger partial charge on any atom is 0.253 e. The third-order valence-electron chi connectivity index (χ3n) is 4.31. The minimum absolute atomic E-state index is 0.134. The second-order valence-electron chi connectivity index (χ2n) is 6.63. The first-order valence-electron chi connectivity index (χ1n) is 9.10. The van der Waals surface area contributed by atoms with Crippen molar-refractivity contribution in [2.45, 2.75) is 0 Å². The molecule has 0 aliphatic heterocycles. The van der Waals surface area contributed by atoms with Gasteiger partial charge in [0.05, 0.1) is 24.0 Å². The normalized spacial score (nSPS) is 10.7. The van der Waals surface area contributed by atoms with Crippen LogP contribution in [0.4, 0.5) is 5.13 Å². The van der Waals surface area contributed by atoms with Crippen molar-refractivity contribution in [1.82, 2.24) is 29.9 Å². The maximum absolute atomic E-state index is 12.2. The highest BCUT2D eigenvalue weighted by atomic mass is 32.1. The Morgan fingerprint density at radius 3 is 2.63 bits per heavy atom. The van der Waals surface area contributed by atoms with E-state index in [1.54, 1.807) is 36.3 Å². The standard InChI is InChI=1S/C20H19N7O2S/c1-26-7-6-15(11-26)19(29)21-10-18(28)24-20-23-17(12-30-20)14-5-3-4-13(8-14)16-9-22-27(2)25-16/h3-9,11-12H,10H2,1-2H3,(H,21,29)(H,23,24,28). The van der Waals surface area contributed by atoms with E-state index in [1.807, 2.05) is 36.7 Å². The molecule has 30 heavy (non-hydrogen) atoms. The van der Waals surface area contributed by atoms with Gasteiger partial charge in [0, 0.05) is 43.0 Å². The quantitative estimate of drug-likeness (QED) is 0.497. The number of hydrogen-bond acceptors (Lipinski definition) is 6. The van der Waals surface area contributed by atoms with Gasteiger partial charge in [-0.25, -0.2) is 4.98 Å². The number of benzene rings is 1. The topological polar surface area (TPSA) is 107 Å². The highest BCUT2D eigenvalue weighted by molar-refractivity contribution is 7.14. The van der Waals surface area contributed by atoms with E-state index in [4.69, 9.17) is 0 Å². The van der Waals surface area contributed by atoms with E-state index < -0.39 is 0 Å². The number of amides is 2. The Hall–Kier alpha value is -3.79. The predicted octanol–water partition coefficient (Wildman–Crippen LogP) is 2.31. The monoisotopic (exact) mass is 421 g/mol. The highest BCUT2D eigenvalue weighted by Crippen LogP contribution is 2.28. The summed E-state index contributed by atoms with van der Waals surface area (Å²) >= 11 is 1.32. The van der Waals surface area contributed by atoms with Gasteiger partial charge in [0.25, 0.3) is 5.91 Å². The lowest BCUT2D eigenvalue weighted by atomic mass is 10.1. The van der Waals surface area contributed by atoms with E-state index in [-0.39, 0.29) is 18.4 Å². The van der Waals surface area contributed by atoms with E-state index in [0.29, 0.717) is 10.7 Å². The van der Waals surface area contributed by atoms with Crippen LogP contribution in [0.3, 0.4) is 0 Å². The van der Waals surface area contributed by atoms with Crippen LogP contribution in [-0.4, -0.2) is 42.9 Å². The number of carbonyl (C=O) groups is 2. The summed E-state index contributed by atoms with van der Waals surface area (Å²) in [7, 11) is 3.59. The Morgan fingerprint density at radius 1 is 1.13 bits per heavy atom. The lowest BCUT2D eigenvalue weighted by molar-refractivity contribution is -0.115. The molecule has 0 aliphatic carbocycles. The van der Waals surface area contributed by atoms with Gasteiger partial charge < -0.3 is 15.2 Å². The molecular weight excluding hydrogens is 402 g/mol. The second-order valence-corrected chi connectivity index (χ2v) is 7.49. The van der Waals surface area contributed by atoms with Crippen LogP contribution in [0.1, 0.15) is 10.4 Å². The average Bonchev–Trinajstić information content (AvgIpc) is 3.48. The molecule has 0 radical (unpaired) electrons. The van der Waals surface area contributed by atoms with E-state index in [2.05, 4.69) is 25.8 Å². The molecule has 0 aliphatic rings. The second kappa shape index (κ2) is 8.29. The molecule has 2 amide bonds. The lowest BCUT2D eigenvalue weighted by Gasteiger charge is -2.04. The molecule has 0 fully saturated rings. The van der Waals surface area contributed by atoms with Gasteiger partial charge in [0.1, 0.15) is 5.69 Å². The van der Waals surface area contributed by atoms with Crippen molar-refractivity contribution in [2.24, 2.45) is 14.1 Å². The van der Waals surface area contributed by atoms with Crippen LogP contribution in [0.25, 0.3) is 22.5 Å². The van der Waals surface area contributed by atoms with Gasteiger partial charge in [-0.15, -0.1) is 11.3 Å². The minimum Gasteiger partial charge on any atom is -0.356 e. The molecule has 0 atom stereocenters. The summed E-state index contributed by atoms with van der Waals surface area (Å²) in [5.74, 6) is -0.639. The Kier molecular flexibility index (Phi) is 5.40. The van der Waals surface area contributed by atoms with Gasteiger partial charge in [-0.1, -0.05) is 18.2 Å². The fourth-order valence-corrected chi connectivity index (χ4v) is 3.58. The zero-order valence-electron chi connectivity index (χ0n) is 16.4. The number of thiazole rings is 1. The van der Waals surface area contributed by atoms with Crippen molar-refractivity contribution >= 4 is 28.3 Å². The molecular formula is C20H19N7O2S. The molecule has 0 spiro atoms. The molecule has 0 bridgehead atoms. The summed E-state index contributed by atoms with van der Waals surface area (Å²) in [5.41, 5.74) is 3.87. The summed E-state index contributed by atoms with van der Waals surface area (Å²) in [6, 6.07) is 9.49. The van der Waals surface area contributed by atoms with Crippen LogP contribution in [0.2, 0.25) is 0 Å². The van der Waals surface area contributed by atoms with Crippen LogP contribution in [0.5, 0.6) is 0 Å². The van der Waals surface area contributed by atoms with Crippen LogP contribution in [0.15, 0.2) is 54.3 Å².